The summed E-state index contributed by atoms with van der Waals surface area (Å²) in [6.45, 7) is 3.22. The van der Waals surface area contributed by atoms with Crippen molar-refractivity contribution in [2.45, 2.75) is 32.2 Å². The molecule has 5 heteroatoms. The summed E-state index contributed by atoms with van der Waals surface area (Å²) in [5.41, 5.74) is 5.85. The number of nitrogens with zero attached hydrogens (tertiary/aromatic N) is 3. The molecule has 1 fully saturated rings. The van der Waals surface area contributed by atoms with Gasteiger partial charge in [-0.2, -0.15) is 0 Å². The summed E-state index contributed by atoms with van der Waals surface area (Å²) < 4.78 is 0. The van der Waals surface area contributed by atoms with Gasteiger partial charge >= 0.3 is 0 Å². The molecule has 102 valence electrons. The van der Waals surface area contributed by atoms with Crippen molar-refractivity contribution in [3.63, 3.8) is 0 Å². The average molecular weight is 276 g/mol. The highest BCUT2D eigenvalue weighted by molar-refractivity contribution is 7.18. The Hall–Kier alpha value is -1.20. The van der Waals surface area contributed by atoms with Crippen LogP contribution >= 0.6 is 11.3 Å². The fourth-order valence-corrected chi connectivity index (χ4v) is 3.71. The summed E-state index contributed by atoms with van der Waals surface area (Å²) in [6.07, 6.45) is 5.02. The molecule has 0 amide bonds. The van der Waals surface area contributed by atoms with E-state index in [4.69, 9.17) is 5.73 Å². The van der Waals surface area contributed by atoms with Gasteiger partial charge in [0.15, 0.2) is 0 Å². The predicted octanol–water partition coefficient (Wildman–Crippen LogP) is 2.43. The Morgan fingerprint density at radius 1 is 1.42 bits per heavy atom. The molecule has 2 aromatic heterocycles. The Balaban J connectivity index is 1.84. The molecule has 3 rings (SSSR count). The summed E-state index contributed by atoms with van der Waals surface area (Å²) in [5.74, 6) is 1.77. The SMILES string of the molecule is CCc1cc2c(N(C)CC3CC(N)C3)ncnc2s1. The van der Waals surface area contributed by atoms with Crippen LogP contribution < -0.4 is 10.6 Å². The molecule has 4 nitrogen and oxygen atoms in total. The van der Waals surface area contributed by atoms with Crippen LogP contribution in [0.4, 0.5) is 5.82 Å². The van der Waals surface area contributed by atoms with E-state index >= 15 is 0 Å². The van der Waals surface area contributed by atoms with Gasteiger partial charge in [0, 0.05) is 24.5 Å². The van der Waals surface area contributed by atoms with E-state index < -0.39 is 0 Å². The number of aromatic nitrogens is 2. The van der Waals surface area contributed by atoms with E-state index in [9.17, 15) is 0 Å². The second kappa shape index (κ2) is 5.06. The fraction of sp³-hybridized carbons (Fsp3) is 0.571. The number of aryl methyl sites for hydroxylation is 1. The Kier molecular flexibility index (Phi) is 3.41. The Bertz CT molecular complexity index is 574. The van der Waals surface area contributed by atoms with Crippen molar-refractivity contribution in [3.8, 4) is 0 Å². The van der Waals surface area contributed by atoms with Crippen LogP contribution in [-0.2, 0) is 6.42 Å². The minimum atomic E-state index is 0.414. The second-order valence-corrected chi connectivity index (χ2v) is 6.58. The lowest BCUT2D eigenvalue weighted by Crippen LogP contribution is -2.42. The number of fused-ring (bicyclic) bond motifs is 1. The normalized spacial score (nSPS) is 22.5. The minimum Gasteiger partial charge on any atom is -0.359 e. The molecule has 0 spiro atoms. The molecule has 1 saturated carbocycles. The maximum atomic E-state index is 5.85. The number of rotatable bonds is 4. The average Bonchev–Trinajstić information content (AvgIpc) is 2.79. The number of hydrogen-bond acceptors (Lipinski definition) is 5. The van der Waals surface area contributed by atoms with E-state index in [1.165, 1.54) is 10.3 Å². The van der Waals surface area contributed by atoms with Gasteiger partial charge in [-0.05, 0) is 31.2 Å². The van der Waals surface area contributed by atoms with E-state index in [2.05, 4.69) is 34.9 Å². The van der Waals surface area contributed by atoms with E-state index in [0.29, 0.717) is 12.0 Å². The van der Waals surface area contributed by atoms with Gasteiger partial charge in [0.25, 0.3) is 0 Å². The van der Waals surface area contributed by atoms with Crippen LogP contribution in [-0.4, -0.2) is 29.6 Å². The number of thiophene rings is 1. The molecule has 1 aliphatic carbocycles. The first kappa shape index (κ1) is 12.8. The number of hydrogen-bond donors (Lipinski definition) is 1. The lowest BCUT2D eigenvalue weighted by molar-refractivity contribution is 0.271. The molecule has 0 unspecified atom stereocenters. The lowest BCUT2D eigenvalue weighted by Gasteiger charge is -2.35. The van der Waals surface area contributed by atoms with Crippen molar-refractivity contribution < 1.29 is 0 Å². The van der Waals surface area contributed by atoms with E-state index in [0.717, 1.165) is 36.5 Å². The summed E-state index contributed by atoms with van der Waals surface area (Å²) in [4.78, 5) is 13.6. The van der Waals surface area contributed by atoms with E-state index in [-0.39, 0.29) is 0 Å². The largest absolute Gasteiger partial charge is 0.359 e. The lowest BCUT2D eigenvalue weighted by atomic mass is 9.80. The zero-order valence-corrected chi connectivity index (χ0v) is 12.3. The second-order valence-electron chi connectivity index (χ2n) is 5.46. The standard InChI is InChI=1S/C14H20N4S/c1-3-11-6-12-13(16-8-17-14(12)19-11)18(2)7-9-4-10(15)5-9/h6,8-10H,3-5,7,15H2,1-2H3. The van der Waals surface area contributed by atoms with Gasteiger partial charge < -0.3 is 10.6 Å². The molecule has 0 aromatic carbocycles. The van der Waals surface area contributed by atoms with Crippen molar-refractivity contribution in [2.24, 2.45) is 11.7 Å². The third kappa shape index (κ3) is 2.44. The molecule has 0 radical (unpaired) electrons. The quantitative estimate of drug-likeness (QED) is 0.932. The Labute approximate surface area is 117 Å². The molecule has 1 aliphatic rings. The van der Waals surface area contributed by atoms with E-state index in [1.807, 2.05) is 0 Å². The molecule has 0 bridgehead atoms. The van der Waals surface area contributed by atoms with Gasteiger partial charge in [0.1, 0.15) is 17.0 Å². The molecule has 0 aliphatic heterocycles. The monoisotopic (exact) mass is 276 g/mol. The van der Waals surface area contributed by atoms with Crippen LogP contribution in [0.2, 0.25) is 0 Å². The van der Waals surface area contributed by atoms with Crippen LogP contribution in [0, 0.1) is 5.92 Å². The third-order valence-corrected chi connectivity index (χ3v) is 5.06. The predicted molar refractivity (Wildman–Crippen MR) is 80.8 cm³/mol. The van der Waals surface area contributed by atoms with Crippen LogP contribution in [0.3, 0.4) is 0 Å². The number of nitrogens with two attached hydrogens (primary N) is 1. The first-order chi connectivity index (χ1) is 9.17. The Morgan fingerprint density at radius 2 is 2.21 bits per heavy atom. The van der Waals surface area contributed by atoms with Gasteiger partial charge in [-0.15, -0.1) is 11.3 Å². The van der Waals surface area contributed by atoms with Crippen molar-refractivity contribution in [2.75, 3.05) is 18.5 Å². The first-order valence-electron chi connectivity index (χ1n) is 6.87. The van der Waals surface area contributed by atoms with Crippen LogP contribution in [0.15, 0.2) is 12.4 Å². The molecular weight excluding hydrogens is 256 g/mol. The maximum Gasteiger partial charge on any atom is 0.140 e. The van der Waals surface area contributed by atoms with Gasteiger partial charge in [-0.1, -0.05) is 6.92 Å². The zero-order chi connectivity index (χ0) is 13.4. The van der Waals surface area contributed by atoms with Crippen molar-refractivity contribution >= 4 is 27.4 Å². The van der Waals surface area contributed by atoms with Crippen molar-refractivity contribution in [1.82, 2.24) is 9.97 Å². The highest BCUT2D eigenvalue weighted by Gasteiger charge is 2.27. The molecule has 2 aromatic rings. The summed E-state index contributed by atoms with van der Waals surface area (Å²) in [6, 6.07) is 2.65. The number of anilines is 1. The van der Waals surface area contributed by atoms with Crippen LogP contribution in [0.5, 0.6) is 0 Å². The van der Waals surface area contributed by atoms with E-state index in [1.54, 1.807) is 17.7 Å². The molecule has 2 N–H and O–H groups in total. The third-order valence-electron chi connectivity index (χ3n) is 3.87. The molecule has 0 atom stereocenters. The maximum absolute atomic E-state index is 5.85. The molecule has 0 saturated heterocycles. The summed E-state index contributed by atoms with van der Waals surface area (Å²) >= 11 is 1.77. The zero-order valence-electron chi connectivity index (χ0n) is 11.5. The van der Waals surface area contributed by atoms with Crippen molar-refractivity contribution in [3.05, 3.63) is 17.3 Å². The van der Waals surface area contributed by atoms with Crippen molar-refractivity contribution in [1.29, 1.82) is 0 Å². The highest BCUT2D eigenvalue weighted by Crippen LogP contribution is 2.32. The first-order valence-corrected chi connectivity index (χ1v) is 7.69. The fourth-order valence-electron chi connectivity index (χ4n) is 2.78. The van der Waals surface area contributed by atoms with Gasteiger partial charge in [0.2, 0.25) is 0 Å². The minimum absolute atomic E-state index is 0.414. The molecule has 2 heterocycles. The van der Waals surface area contributed by atoms with Crippen LogP contribution in [0.1, 0.15) is 24.6 Å². The van der Waals surface area contributed by atoms with Gasteiger partial charge in [-0.3, -0.25) is 0 Å². The van der Waals surface area contributed by atoms with Crippen LogP contribution in [0.25, 0.3) is 10.2 Å². The van der Waals surface area contributed by atoms with Gasteiger partial charge in [-0.25, -0.2) is 9.97 Å². The molecular formula is C14H20N4S. The summed E-state index contributed by atoms with van der Waals surface area (Å²) in [5, 5.41) is 1.19. The highest BCUT2D eigenvalue weighted by atomic mass is 32.1. The van der Waals surface area contributed by atoms with Gasteiger partial charge in [0.05, 0.1) is 5.39 Å². The smallest absolute Gasteiger partial charge is 0.140 e. The Morgan fingerprint density at radius 3 is 2.89 bits per heavy atom. The summed E-state index contributed by atoms with van der Waals surface area (Å²) in [7, 11) is 2.12. The topological polar surface area (TPSA) is 55.0 Å². The molecule has 19 heavy (non-hydrogen) atoms.